The van der Waals surface area contributed by atoms with Gasteiger partial charge < -0.3 is 20.1 Å². The molecule has 8 heteroatoms. The molecule has 7 nitrogen and oxygen atoms in total. The van der Waals surface area contributed by atoms with Crippen molar-refractivity contribution in [3.63, 3.8) is 0 Å². The van der Waals surface area contributed by atoms with Gasteiger partial charge in [0.2, 0.25) is 17.2 Å². The van der Waals surface area contributed by atoms with E-state index in [9.17, 15) is 5.11 Å². The first kappa shape index (κ1) is 14.7. The highest BCUT2D eigenvalue weighted by molar-refractivity contribution is 6.28. The van der Waals surface area contributed by atoms with Crippen molar-refractivity contribution in [2.45, 2.75) is 37.8 Å². The van der Waals surface area contributed by atoms with Gasteiger partial charge in [0.1, 0.15) is 0 Å². The Balaban J connectivity index is 1.68. The van der Waals surface area contributed by atoms with E-state index >= 15 is 0 Å². The zero-order valence-corrected chi connectivity index (χ0v) is 12.6. The van der Waals surface area contributed by atoms with Gasteiger partial charge in [0.25, 0.3) is 0 Å². The van der Waals surface area contributed by atoms with Crippen molar-refractivity contribution >= 4 is 23.5 Å². The van der Waals surface area contributed by atoms with Crippen molar-refractivity contribution in [2.24, 2.45) is 0 Å². The lowest BCUT2D eigenvalue weighted by Gasteiger charge is -2.28. The van der Waals surface area contributed by atoms with Crippen molar-refractivity contribution in [1.29, 1.82) is 0 Å². The molecule has 1 aliphatic heterocycles. The average molecular weight is 314 g/mol. The fourth-order valence-electron chi connectivity index (χ4n) is 2.71. The Morgan fingerprint density at radius 2 is 1.81 bits per heavy atom. The van der Waals surface area contributed by atoms with Gasteiger partial charge >= 0.3 is 0 Å². The molecule has 0 atom stereocenters. The Labute approximate surface area is 128 Å². The van der Waals surface area contributed by atoms with Crippen molar-refractivity contribution in [3.8, 4) is 0 Å². The third-order valence-corrected chi connectivity index (χ3v) is 4.09. The first-order chi connectivity index (χ1) is 10.2. The third-order valence-electron chi connectivity index (χ3n) is 3.92. The Kier molecular flexibility index (Phi) is 4.72. The van der Waals surface area contributed by atoms with Crippen molar-refractivity contribution < 1.29 is 9.84 Å². The van der Waals surface area contributed by atoms with Crippen LogP contribution in [0.4, 0.5) is 11.9 Å². The number of rotatable bonds is 3. The Hall–Kier alpha value is -1.18. The molecule has 0 amide bonds. The van der Waals surface area contributed by atoms with E-state index in [1.54, 1.807) is 0 Å². The van der Waals surface area contributed by atoms with Crippen molar-refractivity contribution in [1.82, 2.24) is 15.0 Å². The minimum atomic E-state index is -0.172. The molecule has 2 N–H and O–H groups in total. The third kappa shape index (κ3) is 3.93. The number of halogens is 1. The van der Waals surface area contributed by atoms with Crippen LogP contribution in [0.5, 0.6) is 0 Å². The summed E-state index contributed by atoms with van der Waals surface area (Å²) in [5.41, 5.74) is 0. The smallest absolute Gasteiger partial charge is 0.231 e. The number of morpholine rings is 1. The minimum Gasteiger partial charge on any atom is -0.393 e. The van der Waals surface area contributed by atoms with Crippen molar-refractivity contribution in [3.05, 3.63) is 5.28 Å². The van der Waals surface area contributed by atoms with Crippen LogP contribution in [0.3, 0.4) is 0 Å². The number of anilines is 2. The number of aliphatic hydroxyl groups excluding tert-OH is 1. The predicted molar refractivity (Wildman–Crippen MR) is 79.8 cm³/mol. The molecule has 3 rings (SSSR count). The van der Waals surface area contributed by atoms with Crippen LogP contribution in [0.1, 0.15) is 25.7 Å². The topological polar surface area (TPSA) is 83.4 Å². The fraction of sp³-hybridized carbons (Fsp3) is 0.769. The lowest BCUT2D eigenvalue weighted by atomic mass is 9.93. The lowest BCUT2D eigenvalue weighted by molar-refractivity contribution is 0.122. The highest BCUT2D eigenvalue weighted by atomic mass is 35.5. The maximum Gasteiger partial charge on any atom is 0.231 e. The molecular weight excluding hydrogens is 294 g/mol. The molecule has 0 spiro atoms. The molecule has 2 heterocycles. The van der Waals surface area contributed by atoms with Gasteiger partial charge in [-0.3, -0.25) is 0 Å². The van der Waals surface area contributed by atoms with E-state index in [-0.39, 0.29) is 17.4 Å². The van der Waals surface area contributed by atoms with E-state index in [1.165, 1.54) is 0 Å². The summed E-state index contributed by atoms with van der Waals surface area (Å²) in [7, 11) is 0. The van der Waals surface area contributed by atoms with E-state index in [2.05, 4.69) is 20.3 Å². The Bertz CT molecular complexity index is 476. The van der Waals surface area contributed by atoms with E-state index in [1.807, 2.05) is 4.90 Å². The zero-order chi connectivity index (χ0) is 14.7. The van der Waals surface area contributed by atoms with Gasteiger partial charge in [-0.05, 0) is 37.3 Å². The molecule has 0 bridgehead atoms. The zero-order valence-electron chi connectivity index (χ0n) is 11.8. The summed E-state index contributed by atoms with van der Waals surface area (Å²) in [4.78, 5) is 14.9. The Morgan fingerprint density at radius 1 is 1.10 bits per heavy atom. The summed E-state index contributed by atoms with van der Waals surface area (Å²) in [5, 5.41) is 13.0. The van der Waals surface area contributed by atoms with Crippen LogP contribution < -0.4 is 10.2 Å². The highest BCUT2D eigenvalue weighted by Gasteiger charge is 2.21. The standard InChI is InChI=1S/C13H20ClN5O2/c14-11-16-12(15-9-1-3-10(20)4-2-9)18-13(17-11)19-5-7-21-8-6-19/h9-10,20H,1-8H2,(H,15,16,17,18). The van der Waals surface area contributed by atoms with Crippen LogP contribution in [-0.4, -0.2) is 58.5 Å². The molecule has 116 valence electrons. The summed E-state index contributed by atoms with van der Waals surface area (Å²) < 4.78 is 5.33. The lowest BCUT2D eigenvalue weighted by Crippen LogP contribution is -2.37. The number of nitrogens with one attached hydrogen (secondary N) is 1. The molecular formula is C13H20ClN5O2. The number of nitrogens with zero attached hydrogens (tertiary/aromatic N) is 4. The predicted octanol–water partition coefficient (Wildman–Crippen LogP) is 1.08. The van der Waals surface area contributed by atoms with Crippen LogP contribution in [0.2, 0.25) is 5.28 Å². The minimum absolute atomic E-state index is 0.172. The van der Waals surface area contributed by atoms with Crippen LogP contribution in [-0.2, 0) is 4.74 Å². The first-order valence-corrected chi connectivity index (χ1v) is 7.77. The molecule has 21 heavy (non-hydrogen) atoms. The molecule has 1 aromatic heterocycles. The monoisotopic (exact) mass is 313 g/mol. The molecule has 0 radical (unpaired) electrons. The largest absolute Gasteiger partial charge is 0.393 e. The van der Waals surface area contributed by atoms with Gasteiger partial charge in [-0.1, -0.05) is 0 Å². The van der Waals surface area contributed by atoms with E-state index < -0.39 is 0 Å². The summed E-state index contributed by atoms with van der Waals surface area (Å²) in [6.07, 6.45) is 3.28. The molecule has 1 saturated carbocycles. The number of aliphatic hydroxyl groups is 1. The summed E-state index contributed by atoms with van der Waals surface area (Å²) >= 11 is 6.01. The summed E-state index contributed by atoms with van der Waals surface area (Å²) in [6, 6.07) is 0.282. The van der Waals surface area contributed by atoms with E-state index in [4.69, 9.17) is 16.3 Å². The van der Waals surface area contributed by atoms with Gasteiger partial charge in [0, 0.05) is 19.1 Å². The van der Waals surface area contributed by atoms with Gasteiger partial charge in [-0.15, -0.1) is 0 Å². The van der Waals surface area contributed by atoms with Gasteiger partial charge in [0.05, 0.1) is 19.3 Å². The maximum absolute atomic E-state index is 9.54. The number of hydrogen-bond acceptors (Lipinski definition) is 7. The van der Waals surface area contributed by atoms with Crippen LogP contribution in [0.15, 0.2) is 0 Å². The van der Waals surface area contributed by atoms with Gasteiger partial charge in [-0.2, -0.15) is 15.0 Å². The second-order valence-electron chi connectivity index (χ2n) is 5.48. The van der Waals surface area contributed by atoms with Crippen LogP contribution in [0.25, 0.3) is 0 Å². The average Bonchev–Trinajstić information content (AvgIpc) is 2.50. The highest BCUT2D eigenvalue weighted by Crippen LogP contribution is 2.22. The molecule has 1 aliphatic carbocycles. The SMILES string of the molecule is OC1CCC(Nc2nc(Cl)nc(N3CCOCC3)n2)CC1. The molecule has 2 aliphatic rings. The number of hydrogen-bond donors (Lipinski definition) is 2. The van der Waals surface area contributed by atoms with Crippen LogP contribution in [0, 0.1) is 0 Å². The Morgan fingerprint density at radius 3 is 2.52 bits per heavy atom. The maximum atomic E-state index is 9.54. The van der Waals surface area contributed by atoms with Gasteiger partial charge in [-0.25, -0.2) is 0 Å². The second kappa shape index (κ2) is 6.72. The van der Waals surface area contributed by atoms with Crippen molar-refractivity contribution in [2.75, 3.05) is 36.5 Å². The normalized spacial score (nSPS) is 26.7. The molecule has 1 aromatic rings. The van der Waals surface area contributed by atoms with Crippen LogP contribution >= 0.6 is 11.6 Å². The second-order valence-corrected chi connectivity index (χ2v) is 5.82. The molecule has 2 fully saturated rings. The quantitative estimate of drug-likeness (QED) is 0.863. The number of ether oxygens (including phenoxy) is 1. The summed E-state index contributed by atoms with van der Waals surface area (Å²) in [6.45, 7) is 2.87. The fourth-order valence-corrected chi connectivity index (χ4v) is 2.87. The van der Waals surface area contributed by atoms with Gasteiger partial charge in [0.15, 0.2) is 0 Å². The van der Waals surface area contributed by atoms with E-state index in [0.717, 1.165) is 38.8 Å². The van der Waals surface area contributed by atoms with E-state index in [0.29, 0.717) is 25.1 Å². The summed E-state index contributed by atoms with van der Waals surface area (Å²) in [5.74, 6) is 1.11. The first-order valence-electron chi connectivity index (χ1n) is 7.39. The number of aromatic nitrogens is 3. The molecule has 0 aromatic carbocycles. The molecule has 0 unspecified atom stereocenters. The molecule has 1 saturated heterocycles.